The van der Waals surface area contributed by atoms with Crippen molar-refractivity contribution >= 4 is 0 Å². The third-order valence-corrected chi connectivity index (χ3v) is 3.35. The number of nitrogens with one attached hydrogen (secondary N) is 1. The summed E-state index contributed by atoms with van der Waals surface area (Å²) in [6.45, 7) is 7.23. The molecular weight excluding hydrogens is 269 g/mol. The van der Waals surface area contributed by atoms with Gasteiger partial charge in [-0.05, 0) is 43.0 Å². The molecule has 1 N–H and O–H groups in total. The molecule has 0 aliphatic heterocycles. The Morgan fingerprint density at radius 1 is 1.10 bits per heavy atom. The summed E-state index contributed by atoms with van der Waals surface area (Å²) in [7, 11) is 1.67. The largest absolute Gasteiger partial charge is 0.382 e. The third kappa shape index (κ3) is 8.81. The zero-order valence-electron chi connectivity index (χ0n) is 13.4. The minimum Gasteiger partial charge on any atom is -0.382 e. The fraction of sp³-hybridized carbons (Fsp3) is 0.647. The van der Waals surface area contributed by atoms with E-state index in [9.17, 15) is 4.39 Å². The molecule has 0 saturated carbocycles. The summed E-state index contributed by atoms with van der Waals surface area (Å²) in [6.07, 6.45) is 1.93. The monoisotopic (exact) mass is 297 g/mol. The Morgan fingerprint density at radius 3 is 2.43 bits per heavy atom. The lowest BCUT2D eigenvalue weighted by Crippen LogP contribution is -2.30. The summed E-state index contributed by atoms with van der Waals surface area (Å²) in [5.41, 5.74) is 1.17. The Kier molecular flexibility index (Phi) is 9.22. The molecule has 0 spiro atoms. The number of ether oxygens (including phenoxy) is 2. The van der Waals surface area contributed by atoms with Crippen LogP contribution < -0.4 is 5.32 Å². The van der Waals surface area contributed by atoms with Crippen LogP contribution in [0.25, 0.3) is 0 Å². The van der Waals surface area contributed by atoms with Crippen LogP contribution in [0.1, 0.15) is 25.8 Å². The van der Waals surface area contributed by atoms with Crippen LogP contribution in [0.2, 0.25) is 0 Å². The van der Waals surface area contributed by atoms with Crippen molar-refractivity contribution in [1.29, 1.82) is 0 Å². The van der Waals surface area contributed by atoms with E-state index in [4.69, 9.17) is 9.47 Å². The number of hydrogen-bond acceptors (Lipinski definition) is 3. The van der Waals surface area contributed by atoms with Gasteiger partial charge in [-0.3, -0.25) is 0 Å². The fourth-order valence-electron chi connectivity index (χ4n) is 2.13. The van der Waals surface area contributed by atoms with Crippen molar-refractivity contribution in [2.75, 3.05) is 33.5 Å². The Bertz CT molecular complexity index is 368. The number of hydrogen-bond donors (Lipinski definition) is 1. The number of benzene rings is 1. The number of methoxy groups -OCH3 is 1. The molecule has 0 heterocycles. The quantitative estimate of drug-likeness (QED) is 0.637. The molecule has 4 heteroatoms. The lowest BCUT2D eigenvalue weighted by molar-refractivity contribution is 0.0635. The third-order valence-electron chi connectivity index (χ3n) is 3.35. The van der Waals surface area contributed by atoms with E-state index >= 15 is 0 Å². The molecule has 0 aliphatic carbocycles. The van der Waals surface area contributed by atoms with E-state index in [1.54, 1.807) is 7.11 Å². The minimum absolute atomic E-state index is 0.182. The molecule has 1 aromatic rings. The van der Waals surface area contributed by atoms with E-state index < -0.39 is 0 Å². The molecule has 0 saturated heterocycles. The molecular formula is C17H28FNO2. The van der Waals surface area contributed by atoms with Crippen LogP contribution in [0, 0.1) is 11.7 Å². The van der Waals surface area contributed by atoms with Crippen LogP contribution in [0.15, 0.2) is 24.3 Å². The molecule has 1 aromatic carbocycles. The maximum atomic E-state index is 13.0. The summed E-state index contributed by atoms with van der Waals surface area (Å²) in [6, 6.07) is 7.25. The van der Waals surface area contributed by atoms with Crippen LogP contribution in [0.3, 0.4) is 0 Å². The van der Waals surface area contributed by atoms with Gasteiger partial charge in [-0.2, -0.15) is 0 Å². The smallest absolute Gasteiger partial charge is 0.123 e. The molecule has 0 amide bonds. The minimum atomic E-state index is -0.182. The summed E-state index contributed by atoms with van der Waals surface area (Å²) < 4.78 is 23.5. The predicted molar refractivity (Wildman–Crippen MR) is 84.0 cm³/mol. The second-order valence-corrected chi connectivity index (χ2v) is 5.65. The van der Waals surface area contributed by atoms with Crippen LogP contribution in [0.5, 0.6) is 0 Å². The van der Waals surface area contributed by atoms with E-state index in [1.165, 1.54) is 17.7 Å². The second-order valence-electron chi connectivity index (χ2n) is 5.65. The Morgan fingerprint density at radius 2 is 1.81 bits per heavy atom. The highest BCUT2D eigenvalue weighted by Crippen LogP contribution is 2.13. The molecule has 3 nitrogen and oxygen atoms in total. The van der Waals surface area contributed by atoms with E-state index in [1.807, 2.05) is 12.1 Å². The molecule has 1 atom stereocenters. The second kappa shape index (κ2) is 10.7. The van der Waals surface area contributed by atoms with E-state index in [0.29, 0.717) is 25.2 Å². The van der Waals surface area contributed by atoms with Gasteiger partial charge >= 0.3 is 0 Å². The van der Waals surface area contributed by atoms with E-state index in [-0.39, 0.29) is 5.82 Å². The molecule has 0 aromatic heterocycles. The zero-order valence-corrected chi connectivity index (χ0v) is 13.4. The average Bonchev–Trinajstić information content (AvgIpc) is 2.46. The predicted octanol–water partition coefficient (Wildman–Crippen LogP) is 3.04. The van der Waals surface area contributed by atoms with Gasteiger partial charge in [0.05, 0.1) is 13.2 Å². The molecule has 0 radical (unpaired) electrons. The Balaban J connectivity index is 2.41. The van der Waals surface area contributed by atoms with E-state index in [0.717, 1.165) is 26.0 Å². The summed E-state index contributed by atoms with van der Waals surface area (Å²) >= 11 is 0. The van der Waals surface area contributed by atoms with Crippen LogP contribution in [-0.4, -0.2) is 39.5 Å². The van der Waals surface area contributed by atoms with Crippen LogP contribution >= 0.6 is 0 Å². The van der Waals surface area contributed by atoms with E-state index in [2.05, 4.69) is 19.2 Å². The molecule has 0 fully saturated rings. The van der Waals surface area contributed by atoms with Crippen molar-refractivity contribution < 1.29 is 13.9 Å². The van der Waals surface area contributed by atoms with Crippen molar-refractivity contribution in [2.24, 2.45) is 5.92 Å². The first kappa shape index (κ1) is 18.1. The standard InChI is InChI=1S/C17H28FNO2/c1-14(2)19-13-16(8-9-21-11-10-20-3)12-15-4-6-17(18)7-5-15/h4-7,14,16,19H,8-13H2,1-3H3. The molecule has 21 heavy (non-hydrogen) atoms. The average molecular weight is 297 g/mol. The maximum absolute atomic E-state index is 13.0. The van der Waals surface area contributed by atoms with Crippen molar-refractivity contribution in [1.82, 2.24) is 5.32 Å². The van der Waals surface area contributed by atoms with Gasteiger partial charge in [-0.25, -0.2) is 4.39 Å². The zero-order chi connectivity index (χ0) is 15.5. The lowest BCUT2D eigenvalue weighted by atomic mass is 9.96. The van der Waals surface area contributed by atoms with Crippen molar-refractivity contribution in [3.63, 3.8) is 0 Å². The first-order chi connectivity index (χ1) is 10.1. The highest BCUT2D eigenvalue weighted by molar-refractivity contribution is 5.16. The summed E-state index contributed by atoms with van der Waals surface area (Å²) in [4.78, 5) is 0. The van der Waals surface area contributed by atoms with Gasteiger partial charge in [0.25, 0.3) is 0 Å². The Hall–Kier alpha value is -0.970. The first-order valence-corrected chi connectivity index (χ1v) is 7.66. The van der Waals surface area contributed by atoms with Gasteiger partial charge < -0.3 is 14.8 Å². The fourth-order valence-corrected chi connectivity index (χ4v) is 2.13. The number of rotatable bonds is 11. The normalized spacial score (nSPS) is 12.8. The van der Waals surface area contributed by atoms with Gasteiger partial charge in [-0.1, -0.05) is 26.0 Å². The summed E-state index contributed by atoms with van der Waals surface area (Å²) in [5, 5.41) is 3.47. The highest BCUT2D eigenvalue weighted by atomic mass is 19.1. The topological polar surface area (TPSA) is 30.5 Å². The lowest BCUT2D eigenvalue weighted by Gasteiger charge is -2.19. The molecule has 1 unspecified atom stereocenters. The molecule has 1 rings (SSSR count). The SMILES string of the molecule is COCCOCCC(CNC(C)C)Cc1ccc(F)cc1. The summed E-state index contributed by atoms with van der Waals surface area (Å²) in [5.74, 6) is 0.305. The van der Waals surface area contributed by atoms with Gasteiger partial charge in [0.2, 0.25) is 0 Å². The van der Waals surface area contributed by atoms with Gasteiger partial charge in [0.1, 0.15) is 5.82 Å². The van der Waals surface area contributed by atoms with Crippen molar-refractivity contribution in [3.8, 4) is 0 Å². The highest BCUT2D eigenvalue weighted by Gasteiger charge is 2.11. The molecule has 0 aliphatic rings. The Labute approximate surface area is 127 Å². The van der Waals surface area contributed by atoms with Crippen LogP contribution in [-0.2, 0) is 15.9 Å². The maximum Gasteiger partial charge on any atom is 0.123 e. The molecule has 0 bridgehead atoms. The van der Waals surface area contributed by atoms with Crippen molar-refractivity contribution in [2.45, 2.75) is 32.7 Å². The van der Waals surface area contributed by atoms with Gasteiger partial charge in [0, 0.05) is 19.8 Å². The van der Waals surface area contributed by atoms with Gasteiger partial charge in [-0.15, -0.1) is 0 Å². The first-order valence-electron chi connectivity index (χ1n) is 7.66. The van der Waals surface area contributed by atoms with Crippen molar-refractivity contribution in [3.05, 3.63) is 35.6 Å². The van der Waals surface area contributed by atoms with Gasteiger partial charge in [0.15, 0.2) is 0 Å². The molecule has 120 valence electrons. The van der Waals surface area contributed by atoms with Crippen LogP contribution in [0.4, 0.5) is 4.39 Å². The number of halogens is 1.